The van der Waals surface area contributed by atoms with Crippen LogP contribution in [0.2, 0.25) is 0 Å². The van der Waals surface area contributed by atoms with Crippen molar-refractivity contribution in [1.29, 1.82) is 0 Å². The van der Waals surface area contributed by atoms with E-state index in [1.807, 2.05) is 22.9 Å². The van der Waals surface area contributed by atoms with Gasteiger partial charge in [-0.3, -0.25) is 0 Å². The van der Waals surface area contributed by atoms with Gasteiger partial charge in [-0.2, -0.15) is 16.3 Å². The first-order valence-corrected chi connectivity index (χ1v) is 7.33. The van der Waals surface area contributed by atoms with E-state index in [9.17, 15) is 0 Å². The number of benzene rings is 1. The lowest BCUT2D eigenvalue weighted by Gasteiger charge is -2.09. The second-order valence-corrected chi connectivity index (χ2v) is 5.40. The van der Waals surface area contributed by atoms with E-state index < -0.39 is 0 Å². The summed E-state index contributed by atoms with van der Waals surface area (Å²) in [5.41, 5.74) is 4.60. The largest absolute Gasteiger partial charge is 0.376 e. The summed E-state index contributed by atoms with van der Waals surface area (Å²) >= 11 is 1.62. The molecule has 0 saturated heterocycles. The van der Waals surface area contributed by atoms with Gasteiger partial charge in [0.05, 0.1) is 6.54 Å². The molecule has 0 fully saturated rings. The third kappa shape index (κ3) is 2.58. The van der Waals surface area contributed by atoms with E-state index in [1.165, 1.54) is 11.1 Å². The van der Waals surface area contributed by atoms with Crippen LogP contribution in [0.1, 0.15) is 17.0 Å². The van der Waals surface area contributed by atoms with E-state index in [0.29, 0.717) is 18.3 Å². The average Bonchev–Trinajstić information content (AvgIpc) is 3.10. The molecule has 0 saturated carbocycles. The summed E-state index contributed by atoms with van der Waals surface area (Å²) in [6, 6.07) is 8.17. The lowest BCUT2D eigenvalue weighted by Crippen LogP contribution is -2.02. The highest BCUT2D eigenvalue weighted by atomic mass is 32.1. The number of rotatable bonds is 4. The monoisotopic (exact) mass is 285 g/mol. The molecule has 3 rings (SSSR count). The highest BCUT2D eigenvalue weighted by Crippen LogP contribution is 2.21. The topological polar surface area (TPSA) is 51.0 Å². The van der Waals surface area contributed by atoms with E-state index in [2.05, 4.69) is 41.4 Å². The molecule has 1 aromatic carbocycles. The van der Waals surface area contributed by atoms with Crippen LogP contribution in [0, 0.1) is 13.8 Å². The van der Waals surface area contributed by atoms with Gasteiger partial charge in [0.25, 0.3) is 0 Å². The van der Waals surface area contributed by atoms with E-state index in [4.69, 9.17) is 4.52 Å². The van der Waals surface area contributed by atoms with E-state index in [1.54, 1.807) is 11.3 Å². The Labute approximate surface area is 121 Å². The van der Waals surface area contributed by atoms with Crippen LogP contribution in [0.15, 0.2) is 39.5 Å². The number of thiophene rings is 1. The van der Waals surface area contributed by atoms with Crippen molar-refractivity contribution in [2.75, 3.05) is 5.32 Å². The molecule has 1 N–H and O–H groups in total. The molecule has 3 aromatic rings. The van der Waals surface area contributed by atoms with Gasteiger partial charge in [-0.05, 0) is 42.5 Å². The lowest BCUT2D eigenvalue weighted by molar-refractivity contribution is 0.384. The molecule has 0 unspecified atom stereocenters. The molecule has 0 atom stereocenters. The van der Waals surface area contributed by atoms with Crippen LogP contribution in [0.5, 0.6) is 0 Å². The Bertz CT molecular complexity index is 704. The molecule has 0 radical (unpaired) electrons. The molecule has 0 amide bonds. The molecule has 0 aliphatic carbocycles. The molecule has 0 spiro atoms. The van der Waals surface area contributed by atoms with Gasteiger partial charge in [-0.1, -0.05) is 17.3 Å². The Morgan fingerprint density at radius 1 is 1.25 bits per heavy atom. The number of nitrogens with zero attached hydrogens (tertiary/aromatic N) is 2. The minimum Gasteiger partial charge on any atom is -0.376 e. The van der Waals surface area contributed by atoms with Crippen LogP contribution in [0.4, 0.5) is 5.69 Å². The summed E-state index contributed by atoms with van der Waals surface area (Å²) < 4.78 is 5.26. The Hall–Kier alpha value is -2.14. The maximum absolute atomic E-state index is 5.26. The van der Waals surface area contributed by atoms with Crippen molar-refractivity contribution in [3.05, 3.63) is 52.0 Å². The third-order valence-corrected chi connectivity index (χ3v) is 3.97. The van der Waals surface area contributed by atoms with Crippen LogP contribution in [0.25, 0.3) is 11.4 Å². The highest BCUT2D eigenvalue weighted by molar-refractivity contribution is 7.08. The summed E-state index contributed by atoms with van der Waals surface area (Å²) in [6.45, 7) is 4.73. The van der Waals surface area contributed by atoms with Gasteiger partial charge < -0.3 is 9.84 Å². The Balaban J connectivity index is 1.71. The van der Waals surface area contributed by atoms with Gasteiger partial charge in [0.1, 0.15) is 0 Å². The second-order valence-electron chi connectivity index (χ2n) is 4.62. The smallest absolute Gasteiger partial charge is 0.246 e. The Morgan fingerprint density at radius 2 is 2.15 bits per heavy atom. The molecular formula is C15H15N3OS. The minimum absolute atomic E-state index is 0.529. The second kappa shape index (κ2) is 5.46. The van der Waals surface area contributed by atoms with Crippen LogP contribution >= 0.6 is 11.3 Å². The summed E-state index contributed by atoms with van der Waals surface area (Å²) in [7, 11) is 0. The molecule has 0 bridgehead atoms. The van der Waals surface area contributed by atoms with Gasteiger partial charge in [0.2, 0.25) is 11.7 Å². The predicted octanol–water partition coefficient (Wildman–Crippen LogP) is 4.03. The molecule has 0 aliphatic rings. The zero-order chi connectivity index (χ0) is 13.9. The number of anilines is 1. The van der Waals surface area contributed by atoms with Crippen molar-refractivity contribution in [1.82, 2.24) is 10.1 Å². The van der Waals surface area contributed by atoms with Gasteiger partial charge in [0.15, 0.2) is 0 Å². The lowest BCUT2D eigenvalue weighted by atomic mass is 10.1. The summed E-state index contributed by atoms with van der Waals surface area (Å²) in [5, 5.41) is 11.3. The zero-order valence-electron chi connectivity index (χ0n) is 11.4. The first-order valence-electron chi connectivity index (χ1n) is 6.39. The third-order valence-electron chi connectivity index (χ3n) is 3.28. The van der Waals surface area contributed by atoms with Gasteiger partial charge in [-0.15, -0.1) is 0 Å². The van der Waals surface area contributed by atoms with Crippen molar-refractivity contribution in [3.8, 4) is 11.4 Å². The summed E-state index contributed by atoms with van der Waals surface area (Å²) in [6.07, 6.45) is 0. The van der Waals surface area contributed by atoms with Crippen molar-refractivity contribution < 1.29 is 4.52 Å². The SMILES string of the molecule is Cc1cccc(NCc2nc(-c3ccsc3)no2)c1C. The molecule has 4 nitrogen and oxygen atoms in total. The zero-order valence-corrected chi connectivity index (χ0v) is 12.2. The van der Waals surface area contributed by atoms with Crippen molar-refractivity contribution in [3.63, 3.8) is 0 Å². The van der Waals surface area contributed by atoms with E-state index in [0.717, 1.165) is 11.3 Å². The number of hydrogen-bond donors (Lipinski definition) is 1. The maximum Gasteiger partial charge on any atom is 0.246 e. The Morgan fingerprint density at radius 3 is 2.95 bits per heavy atom. The summed E-state index contributed by atoms with van der Waals surface area (Å²) in [4.78, 5) is 4.39. The number of aryl methyl sites for hydroxylation is 1. The van der Waals surface area contributed by atoms with Crippen molar-refractivity contribution in [2.45, 2.75) is 20.4 Å². The van der Waals surface area contributed by atoms with Crippen molar-refractivity contribution >= 4 is 17.0 Å². The quantitative estimate of drug-likeness (QED) is 0.786. The van der Waals surface area contributed by atoms with Crippen LogP contribution in [-0.2, 0) is 6.54 Å². The molecule has 102 valence electrons. The highest BCUT2D eigenvalue weighted by Gasteiger charge is 2.09. The fourth-order valence-electron chi connectivity index (χ4n) is 1.95. The fraction of sp³-hybridized carbons (Fsp3) is 0.200. The standard InChI is InChI=1S/C15H15N3OS/c1-10-4-3-5-13(11(10)2)16-8-14-17-15(18-19-14)12-6-7-20-9-12/h3-7,9,16H,8H2,1-2H3. The number of hydrogen-bond acceptors (Lipinski definition) is 5. The summed E-state index contributed by atoms with van der Waals surface area (Å²) in [5.74, 6) is 1.23. The normalized spacial score (nSPS) is 10.7. The predicted molar refractivity (Wildman–Crippen MR) is 80.9 cm³/mol. The van der Waals surface area contributed by atoms with Crippen molar-refractivity contribution in [2.24, 2.45) is 0 Å². The molecule has 20 heavy (non-hydrogen) atoms. The fourth-order valence-corrected chi connectivity index (χ4v) is 2.58. The van der Waals surface area contributed by atoms with E-state index in [-0.39, 0.29) is 0 Å². The van der Waals surface area contributed by atoms with E-state index >= 15 is 0 Å². The number of aromatic nitrogens is 2. The first kappa shape index (κ1) is 12.9. The van der Waals surface area contributed by atoms with Gasteiger partial charge in [0, 0.05) is 16.6 Å². The molecule has 0 aliphatic heterocycles. The number of nitrogens with one attached hydrogen (secondary N) is 1. The van der Waals surface area contributed by atoms with Gasteiger partial charge in [-0.25, -0.2) is 0 Å². The van der Waals surface area contributed by atoms with Crippen LogP contribution < -0.4 is 5.32 Å². The minimum atomic E-state index is 0.529. The maximum atomic E-state index is 5.26. The van der Waals surface area contributed by atoms with Gasteiger partial charge >= 0.3 is 0 Å². The molecule has 2 heterocycles. The first-order chi connectivity index (χ1) is 9.74. The molecular weight excluding hydrogens is 270 g/mol. The van der Waals surface area contributed by atoms with Crippen LogP contribution in [-0.4, -0.2) is 10.1 Å². The molecule has 2 aromatic heterocycles. The molecule has 5 heteroatoms. The average molecular weight is 285 g/mol. The van der Waals surface area contributed by atoms with Crippen LogP contribution in [0.3, 0.4) is 0 Å². The Kier molecular flexibility index (Phi) is 3.52.